The highest BCUT2D eigenvalue weighted by molar-refractivity contribution is 7.80. The smallest absolute Gasteiger partial charge is 0.394 e. The van der Waals surface area contributed by atoms with Crippen LogP contribution in [0.15, 0.2) is 24.3 Å². The normalized spacial score (nSPS) is 10.6. The Hall–Kier alpha value is -1.40. The van der Waals surface area contributed by atoms with Gasteiger partial charge in [-0.3, -0.25) is 19.2 Å². The number of nitrogens with zero attached hydrogens (tertiary/aromatic N) is 1. The molecule has 0 heterocycles. The molecule has 0 saturated heterocycles. The monoisotopic (exact) mass is 368 g/mol. The van der Waals surface area contributed by atoms with Gasteiger partial charge >= 0.3 is 10.4 Å². The molecule has 9 nitrogen and oxygen atoms in total. The predicted molar refractivity (Wildman–Crippen MR) is 88.7 cm³/mol. The number of benzene rings is 1. The van der Waals surface area contributed by atoms with E-state index in [1.54, 1.807) is 12.1 Å². The summed E-state index contributed by atoms with van der Waals surface area (Å²) >= 11 is 4.10. The lowest BCUT2D eigenvalue weighted by Crippen LogP contribution is -2.18. The van der Waals surface area contributed by atoms with Gasteiger partial charge in [0.05, 0.1) is 11.5 Å². The van der Waals surface area contributed by atoms with Crippen molar-refractivity contribution in [3.8, 4) is 5.75 Å². The summed E-state index contributed by atoms with van der Waals surface area (Å²) in [6.45, 7) is 2.51. The lowest BCUT2D eigenvalue weighted by Gasteiger charge is -2.06. The van der Waals surface area contributed by atoms with E-state index in [4.69, 9.17) is 22.3 Å². The first kappa shape index (κ1) is 21.6. The maximum atomic E-state index is 10.5. The van der Waals surface area contributed by atoms with Crippen molar-refractivity contribution in [2.75, 3.05) is 25.4 Å². The second kappa shape index (κ2) is 12.1. The van der Waals surface area contributed by atoms with Gasteiger partial charge in [-0.05, 0) is 31.5 Å². The maximum Gasteiger partial charge on any atom is 0.394 e. The number of rotatable bonds is 9. The average molecular weight is 368 g/mol. The molecular formula is C12H20N2O7S2. The molecule has 0 aliphatic heterocycles. The minimum atomic E-state index is -4.67. The summed E-state index contributed by atoms with van der Waals surface area (Å²) in [5.41, 5.74) is 0.0818. The molecule has 0 saturated carbocycles. The van der Waals surface area contributed by atoms with Crippen LogP contribution in [0.5, 0.6) is 5.75 Å². The molecule has 3 N–H and O–H groups in total. The Bertz CT molecular complexity index is 541. The van der Waals surface area contributed by atoms with Crippen LogP contribution in [0.3, 0.4) is 0 Å². The number of nitro groups is 1. The van der Waals surface area contributed by atoms with Crippen molar-refractivity contribution in [2.45, 2.75) is 12.8 Å². The van der Waals surface area contributed by atoms with Gasteiger partial charge < -0.3 is 10.1 Å². The SMILES string of the molecule is O=S(=O)(O)O.O=[N+]([O-])c1ccc(OCCCCNCCS)cc1. The van der Waals surface area contributed by atoms with Crippen LogP contribution in [0.1, 0.15) is 12.8 Å². The van der Waals surface area contributed by atoms with Gasteiger partial charge in [-0.25, -0.2) is 0 Å². The molecule has 1 aromatic carbocycles. The molecule has 0 aromatic heterocycles. The number of nitrogens with one attached hydrogen (secondary N) is 1. The van der Waals surface area contributed by atoms with Crippen LogP contribution in [0.4, 0.5) is 5.69 Å². The molecule has 0 aliphatic carbocycles. The molecule has 23 heavy (non-hydrogen) atoms. The van der Waals surface area contributed by atoms with Gasteiger partial charge in [0.1, 0.15) is 5.75 Å². The Kier molecular flexibility index (Phi) is 11.3. The number of hydrogen-bond donors (Lipinski definition) is 4. The van der Waals surface area contributed by atoms with Gasteiger partial charge in [-0.15, -0.1) is 0 Å². The van der Waals surface area contributed by atoms with E-state index in [1.165, 1.54) is 12.1 Å². The summed E-state index contributed by atoms with van der Waals surface area (Å²) in [5.74, 6) is 1.52. The van der Waals surface area contributed by atoms with Gasteiger partial charge in [0.15, 0.2) is 0 Å². The van der Waals surface area contributed by atoms with E-state index < -0.39 is 15.3 Å². The highest BCUT2D eigenvalue weighted by atomic mass is 32.3. The largest absolute Gasteiger partial charge is 0.494 e. The van der Waals surface area contributed by atoms with Gasteiger partial charge in [-0.1, -0.05) is 0 Å². The molecule has 0 bridgehead atoms. The fourth-order valence-corrected chi connectivity index (χ4v) is 1.57. The Morgan fingerprint density at radius 1 is 1.17 bits per heavy atom. The minimum absolute atomic E-state index is 0.0818. The zero-order chi connectivity index (χ0) is 17.7. The molecule has 11 heteroatoms. The topological polar surface area (TPSA) is 139 Å². The second-order valence-corrected chi connectivity index (χ2v) is 5.57. The van der Waals surface area contributed by atoms with Crippen LogP contribution in [-0.4, -0.2) is 47.9 Å². The number of nitro benzene ring substituents is 1. The first-order valence-electron chi connectivity index (χ1n) is 6.62. The molecule has 0 unspecified atom stereocenters. The van der Waals surface area contributed by atoms with E-state index in [1.807, 2.05) is 0 Å². The van der Waals surface area contributed by atoms with Crippen molar-refractivity contribution in [1.82, 2.24) is 5.32 Å². The Morgan fingerprint density at radius 2 is 1.74 bits per heavy atom. The number of hydrogen-bond acceptors (Lipinski definition) is 7. The van der Waals surface area contributed by atoms with E-state index >= 15 is 0 Å². The zero-order valence-corrected chi connectivity index (χ0v) is 14.0. The van der Waals surface area contributed by atoms with Crippen LogP contribution in [0.2, 0.25) is 0 Å². The van der Waals surface area contributed by atoms with Gasteiger partial charge in [-0.2, -0.15) is 21.0 Å². The molecule has 0 atom stereocenters. The molecule has 0 radical (unpaired) electrons. The molecule has 0 spiro atoms. The summed E-state index contributed by atoms with van der Waals surface area (Å²) in [4.78, 5) is 10.0. The molecule has 0 fully saturated rings. The van der Waals surface area contributed by atoms with Gasteiger partial charge in [0.25, 0.3) is 5.69 Å². The van der Waals surface area contributed by atoms with Gasteiger partial charge in [0.2, 0.25) is 0 Å². The highest BCUT2D eigenvalue weighted by Crippen LogP contribution is 2.17. The van der Waals surface area contributed by atoms with Crippen molar-refractivity contribution in [2.24, 2.45) is 0 Å². The maximum absolute atomic E-state index is 10.5. The lowest BCUT2D eigenvalue weighted by molar-refractivity contribution is -0.384. The van der Waals surface area contributed by atoms with Crippen LogP contribution < -0.4 is 10.1 Å². The van der Waals surface area contributed by atoms with Crippen molar-refractivity contribution < 1.29 is 27.2 Å². The molecule has 132 valence electrons. The number of unbranched alkanes of at least 4 members (excludes halogenated alkanes) is 1. The lowest BCUT2D eigenvalue weighted by atomic mass is 10.3. The van der Waals surface area contributed by atoms with Crippen LogP contribution in [-0.2, 0) is 10.4 Å². The van der Waals surface area contributed by atoms with E-state index in [9.17, 15) is 10.1 Å². The fraction of sp³-hybridized carbons (Fsp3) is 0.500. The third-order valence-corrected chi connectivity index (χ3v) is 2.58. The highest BCUT2D eigenvalue weighted by Gasteiger charge is 2.03. The van der Waals surface area contributed by atoms with E-state index in [0.29, 0.717) is 12.4 Å². The van der Waals surface area contributed by atoms with Gasteiger partial charge in [0, 0.05) is 24.4 Å². The predicted octanol–water partition coefficient (Wildman–Crippen LogP) is 1.62. The summed E-state index contributed by atoms with van der Waals surface area (Å²) in [5, 5.41) is 13.7. The standard InChI is InChI=1S/C12H18N2O3S.H2O4S/c15-14(16)11-3-5-12(6-4-11)17-9-2-1-7-13-8-10-18;1-5(2,3)4/h3-6,13,18H,1-2,7-10H2;(H2,1,2,3,4). The Balaban J connectivity index is 0.000000841. The second-order valence-electron chi connectivity index (χ2n) is 4.23. The molecule has 1 aromatic rings. The Labute approximate surface area is 140 Å². The quantitative estimate of drug-likeness (QED) is 0.169. The third kappa shape index (κ3) is 15.3. The molecule has 0 amide bonds. The average Bonchev–Trinajstić information content (AvgIpc) is 2.45. The van der Waals surface area contributed by atoms with Crippen molar-refractivity contribution in [3.63, 3.8) is 0 Å². The molecule has 1 rings (SSSR count). The number of ether oxygens (including phenoxy) is 1. The summed E-state index contributed by atoms with van der Waals surface area (Å²) in [6.07, 6.45) is 2.00. The van der Waals surface area contributed by atoms with E-state index in [2.05, 4.69) is 17.9 Å². The minimum Gasteiger partial charge on any atom is -0.494 e. The van der Waals surface area contributed by atoms with E-state index in [-0.39, 0.29) is 5.69 Å². The van der Waals surface area contributed by atoms with Crippen LogP contribution >= 0.6 is 12.6 Å². The first-order chi connectivity index (χ1) is 10.7. The fourth-order valence-electron chi connectivity index (χ4n) is 1.41. The van der Waals surface area contributed by atoms with Crippen LogP contribution in [0.25, 0.3) is 0 Å². The van der Waals surface area contributed by atoms with Crippen molar-refractivity contribution >= 4 is 28.7 Å². The summed E-state index contributed by atoms with van der Waals surface area (Å²) in [7, 11) is -4.67. The number of non-ortho nitro benzene ring substituents is 1. The van der Waals surface area contributed by atoms with Crippen molar-refractivity contribution in [1.29, 1.82) is 0 Å². The van der Waals surface area contributed by atoms with E-state index in [0.717, 1.165) is 31.7 Å². The zero-order valence-electron chi connectivity index (χ0n) is 12.3. The van der Waals surface area contributed by atoms with Crippen LogP contribution in [0, 0.1) is 10.1 Å². The van der Waals surface area contributed by atoms with Crippen molar-refractivity contribution in [3.05, 3.63) is 34.4 Å². The Morgan fingerprint density at radius 3 is 2.22 bits per heavy atom. The number of thiol groups is 1. The molecular weight excluding hydrogens is 348 g/mol. The third-order valence-electron chi connectivity index (χ3n) is 2.35. The summed E-state index contributed by atoms with van der Waals surface area (Å²) in [6, 6.07) is 6.14. The molecule has 0 aliphatic rings. The first-order valence-corrected chi connectivity index (χ1v) is 8.65. The summed E-state index contributed by atoms with van der Waals surface area (Å²) < 4.78 is 37.1.